The zero-order valence-corrected chi connectivity index (χ0v) is 19.3. The third kappa shape index (κ3) is 5.12. The minimum Gasteiger partial charge on any atom is -0.369 e. The van der Waals surface area contributed by atoms with Gasteiger partial charge in [0, 0.05) is 18.0 Å². The van der Waals surface area contributed by atoms with Gasteiger partial charge in [-0.2, -0.15) is 23.3 Å². The second-order valence-corrected chi connectivity index (χ2v) is 8.90. The molecule has 12 heteroatoms. The quantitative estimate of drug-likeness (QED) is 0.238. The van der Waals surface area contributed by atoms with E-state index in [-0.39, 0.29) is 10.8 Å². The van der Waals surface area contributed by atoms with Gasteiger partial charge in [0.25, 0.3) is 15.9 Å². The summed E-state index contributed by atoms with van der Waals surface area (Å²) in [5.74, 6) is -0.925. The summed E-state index contributed by atoms with van der Waals surface area (Å²) in [6, 6.07) is 18.1. The monoisotopic (exact) mass is 488 g/mol. The number of sulfonamides is 1. The molecule has 2 heterocycles. The summed E-state index contributed by atoms with van der Waals surface area (Å²) in [7, 11) is -4.02. The molecular weight excluding hydrogens is 468 g/mol. The van der Waals surface area contributed by atoms with Crippen LogP contribution in [0.4, 0.5) is 11.4 Å². The first-order valence-corrected chi connectivity index (χ1v) is 11.7. The normalized spacial score (nSPS) is 11.5. The summed E-state index contributed by atoms with van der Waals surface area (Å²) < 4.78 is 28.8. The molecule has 0 radical (unpaired) electrons. The van der Waals surface area contributed by atoms with E-state index >= 15 is 0 Å². The molecule has 4 N–H and O–H groups in total. The maximum absolute atomic E-state index is 13.2. The van der Waals surface area contributed by atoms with E-state index < -0.39 is 16.0 Å². The number of benzene rings is 2. The minimum atomic E-state index is -4.02. The Morgan fingerprint density at radius 1 is 0.943 bits per heavy atom. The fraction of sp³-hybridized carbons (Fsp3) is 0.0435. The number of nitrogens with zero attached hydrogens (tertiary/aromatic N) is 6. The van der Waals surface area contributed by atoms with Crippen LogP contribution < -0.4 is 11.5 Å². The lowest BCUT2D eigenvalue weighted by molar-refractivity contribution is 0.0946. The highest BCUT2D eigenvalue weighted by Gasteiger charge is 2.22. The summed E-state index contributed by atoms with van der Waals surface area (Å²) in [5.41, 5.74) is 13.2. The summed E-state index contributed by atoms with van der Waals surface area (Å²) >= 11 is 0. The van der Waals surface area contributed by atoms with Gasteiger partial charge in [0.2, 0.25) is 5.96 Å². The summed E-state index contributed by atoms with van der Waals surface area (Å²) in [4.78, 5) is 17.1. The molecule has 2 aromatic heterocycles. The number of aromatic nitrogens is 3. The van der Waals surface area contributed by atoms with Crippen molar-refractivity contribution in [3.05, 3.63) is 90.4 Å². The standard InChI is InChI=1S/C23H20N8O3S/c1-15-20(28-27-18-9-11-19(12-10-18)35(33,34)30-23(24)25)21(16-6-3-2-4-7-16)31(29-15)22(32)17-8-5-13-26-14-17/h2-14H,1H3,(H4,24,25,30). The Labute approximate surface area is 200 Å². The molecule has 0 fully saturated rings. The maximum atomic E-state index is 13.2. The number of nitrogens with two attached hydrogens (primary N) is 2. The van der Waals surface area contributed by atoms with Crippen LogP contribution in [-0.2, 0) is 10.0 Å². The maximum Gasteiger partial charge on any atom is 0.285 e. The van der Waals surface area contributed by atoms with Crippen molar-refractivity contribution in [1.29, 1.82) is 0 Å². The Bertz CT molecular complexity index is 1530. The predicted molar refractivity (Wildman–Crippen MR) is 130 cm³/mol. The molecule has 0 aliphatic rings. The highest BCUT2D eigenvalue weighted by Crippen LogP contribution is 2.35. The number of hydrogen-bond donors (Lipinski definition) is 2. The third-order valence-corrected chi connectivity index (χ3v) is 6.12. The molecule has 0 saturated carbocycles. The van der Waals surface area contributed by atoms with Crippen LogP contribution in [0.2, 0.25) is 0 Å². The molecule has 0 saturated heterocycles. The minimum absolute atomic E-state index is 0.0964. The third-order valence-electron chi connectivity index (χ3n) is 4.80. The Kier molecular flexibility index (Phi) is 6.46. The van der Waals surface area contributed by atoms with E-state index in [1.807, 2.05) is 30.3 Å². The van der Waals surface area contributed by atoms with Crippen LogP contribution in [0, 0.1) is 6.92 Å². The van der Waals surface area contributed by atoms with Crippen LogP contribution >= 0.6 is 0 Å². The van der Waals surface area contributed by atoms with E-state index in [9.17, 15) is 13.2 Å². The molecule has 0 amide bonds. The van der Waals surface area contributed by atoms with E-state index in [2.05, 4.69) is 24.7 Å². The van der Waals surface area contributed by atoms with Crippen LogP contribution in [0.5, 0.6) is 0 Å². The van der Waals surface area contributed by atoms with E-state index in [0.29, 0.717) is 28.3 Å². The van der Waals surface area contributed by atoms with Gasteiger partial charge in [0.15, 0.2) is 0 Å². The summed E-state index contributed by atoms with van der Waals surface area (Å²) in [6.07, 6.45) is 3.05. The number of azo groups is 1. The Morgan fingerprint density at radius 2 is 1.66 bits per heavy atom. The number of rotatable bonds is 6. The molecule has 4 aromatic rings. The predicted octanol–water partition coefficient (Wildman–Crippen LogP) is 3.32. The SMILES string of the molecule is Cc1nn(C(=O)c2cccnc2)c(-c2ccccc2)c1N=Nc1ccc(S(=O)(=O)N=C(N)N)cc1. The second-order valence-electron chi connectivity index (χ2n) is 7.29. The molecule has 35 heavy (non-hydrogen) atoms. The molecule has 176 valence electrons. The van der Waals surface area contributed by atoms with E-state index in [1.54, 1.807) is 25.3 Å². The van der Waals surface area contributed by atoms with Crippen molar-refractivity contribution in [2.45, 2.75) is 11.8 Å². The lowest BCUT2D eigenvalue weighted by atomic mass is 10.1. The van der Waals surface area contributed by atoms with Crippen LogP contribution in [0.1, 0.15) is 16.1 Å². The summed E-state index contributed by atoms with van der Waals surface area (Å²) in [5, 5.41) is 13.0. The van der Waals surface area contributed by atoms with Crippen molar-refractivity contribution in [3.8, 4) is 11.3 Å². The number of guanidine groups is 1. The van der Waals surface area contributed by atoms with Gasteiger partial charge in [0.1, 0.15) is 11.4 Å². The van der Waals surface area contributed by atoms with Gasteiger partial charge in [-0.05, 0) is 43.3 Å². The van der Waals surface area contributed by atoms with Gasteiger partial charge in [-0.1, -0.05) is 30.3 Å². The molecule has 0 aliphatic heterocycles. The summed E-state index contributed by atoms with van der Waals surface area (Å²) in [6.45, 7) is 1.72. The van der Waals surface area contributed by atoms with Gasteiger partial charge in [-0.15, -0.1) is 9.51 Å². The molecule has 2 aromatic carbocycles. The first-order chi connectivity index (χ1) is 16.8. The Hall–Kier alpha value is -4.71. The Morgan fingerprint density at radius 3 is 2.29 bits per heavy atom. The average molecular weight is 489 g/mol. The number of pyridine rings is 1. The highest BCUT2D eigenvalue weighted by atomic mass is 32.2. The molecular formula is C23H20N8O3S. The van der Waals surface area contributed by atoms with Gasteiger partial charge in [-0.25, -0.2) is 0 Å². The van der Waals surface area contributed by atoms with Crippen molar-refractivity contribution < 1.29 is 13.2 Å². The lowest BCUT2D eigenvalue weighted by Gasteiger charge is -2.07. The van der Waals surface area contributed by atoms with Crippen LogP contribution in [0.3, 0.4) is 0 Å². The van der Waals surface area contributed by atoms with Gasteiger partial charge < -0.3 is 11.5 Å². The van der Waals surface area contributed by atoms with E-state index in [0.717, 1.165) is 5.56 Å². The first-order valence-electron chi connectivity index (χ1n) is 10.2. The molecule has 0 aliphatic carbocycles. The fourth-order valence-corrected chi connectivity index (χ4v) is 4.10. The molecule has 11 nitrogen and oxygen atoms in total. The number of hydrogen-bond acceptors (Lipinski definition) is 7. The van der Waals surface area contributed by atoms with E-state index in [4.69, 9.17) is 11.5 Å². The molecule has 0 spiro atoms. The molecule has 0 unspecified atom stereocenters. The van der Waals surface area contributed by atoms with Gasteiger partial charge in [-0.3, -0.25) is 9.78 Å². The Balaban J connectivity index is 1.74. The lowest BCUT2D eigenvalue weighted by Crippen LogP contribution is -2.24. The number of carbonyl (C=O) groups is 1. The molecule has 0 atom stereocenters. The zero-order valence-electron chi connectivity index (χ0n) is 18.5. The van der Waals surface area contributed by atoms with Crippen molar-refractivity contribution in [2.75, 3.05) is 0 Å². The molecule has 0 bridgehead atoms. The largest absolute Gasteiger partial charge is 0.369 e. The van der Waals surface area contributed by atoms with Crippen LogP contribution in [-0.4, -0.2) is 35.0 Å². The van der Waals surface area contributed by atoms with Crippen molar-refractivity contribution in [2.24, 2.45) is 26.1 Å². The number of carbonyl (C=O) groups excluding carboxylic acids is 1. The van der Waals surface area contributed by atoms with Crippen molar-refractivity contribution in [1.82, 2.24) is 14.8 Å². The van der Waals surface area contributed by atoms with Crippen molar-refractivity contribution >= 4 is 33.3 Å². The first kappa shape index (κ1) is 23.4. The van der Waals surface area contributed by atoms with E-state index in [1.165, 1.54) is 35.1 Å². The average Bonchev–Trinajstić information content (AvgIpc) is 3.18. The van der Waals surface area contributed by atoms with Gasteiger partial charge in [0.05, 0.1) is 21.8 Å². The van der Waals surface area contributed by atoms with Crippen LogP contribution in [0.15, 0.2) is 98.6 Å². The molecule has 4 rings (SSSR count). The van der Waals surface area contributed by atoms with Crippen molar-refractivity contribution in [3.63, 3.8) is 0 Å². The number of aryl methyl sites for hydroxylation is 1. The zero-order chi connectivity index (χ0) is 25.0. The highest BCUT2D eigenvalue weighted by molar-refractivity contribution is 7.90. The topological polar surface area (TPSA) is 171 Å². The fourth-order valence-electron chi connectivity index (χ4n) is 3.24. The van der Waals surface area contributed by atoms with Gasteiger partial charge >= 0.3 is 0 Å². The second kappa shape index (κ2) is 9.65. The smallest absolute Gasteiger partial charge is 0.285 e. The van der Waals surface area contributed by atoms with Crippen LogP contribution in [0.25, 0.3) is 11.3 Å².